The predicted molar refractivity (Wildman–Crippen MR) is 34.2 cm³/mol. The van der Waals surface area contributed by atoms with Crippen LogP contribution in [0.5, 0.6) is 0 Å². The van der Waals surface area contributed by atoms with Gasteiger partial charge in [0.1, 0.15) is 0 Å². The molecule has 1 aromatic rings. The van der Waals surface area contributed by atoms with E-state index in [2.05, 4.69) is 15.1 Å². The fourth-order valence-electron chi connectivity index (χ4n) is 0.741. The van der Waals surface area contributed by atoms with Gasteiger partial charge in [0.2, 0.25) is 0 Å². The highest BCUT2D eigenvalue weighted by atomic mass is 15.3. The van der Waals surface area contributed by atoms with Crippen LogP contribution in [0.2, 0.25) is 0 Å². The van der Waals surface area contributed by atoms with Crippen LogP contribution in [0.15, 0.2) is 18.3 Å². The summed E-state index contributed by atoms with van der Waals surface area (Å²) in [4.78, 5) is 2.16. The zero-order valence-electron chi connectivity index (χ0n) is 4.99. The van der Waals surface area contributed by atoms with E-state index in [4.69, 9.17) is 0 Å². The summed E-state index contributed by atoms with van der Waals surface area (Å²) in [6.45, 7) is 2.28. The Balaban J connectivity index is 2.29. The molecule has 0 N–H and O–H groups in total. The molecule has 0 atom stereocenters. The molecule has 0 aliphatic carbocycles. The van der Waals surface area contributed by atoms with E-state index in [9.17, 15) is 0 Å². The molecule has 0 unspecified atom stereocenters. The van der Waals surface area contributed by atoms with Crippen LogP contribution < -0.4 is 4.90 Å². The number of hydrogen-bond acceptors (Lipinski definition) is 3. The Bertz CT molecular complexity index is 193. The standard InChI is InChI=1S/C6H7N3/c1-2-6(8-7-3-1)9-4-5-9/h1-3H,4-5H2. The molecule has 46 valence electrons. The van der Waals surface area contributed by atoms with Crippen molar-refractivity contribution in [1.82, 2.24) is 10.2 Å². The Morgan fingerprint density at radius 3 is 2.89 bits per heavy atom. The topological polar surface area (TPSA) is 28.8 Å². The summed E-state index contributed by atoms with van der Waals surface area (Å²) in [7, 11) is 0. The Morgan fingerprint density at radius 1 is 1.44 bits per heavy atom. The van der Waals surface area contributed by atoms with Gasteiger partial charge in [-0.05, 0) is 12.1 Å². The molecule has 2 heterocycles. The quantitative estimate of drug-likeness (QED) is 0.500. The highest BCUT2D eigenvalue weighted by Gasteiger charge is 2.18. The van der Waals surface area contributed by atoms with Crippen LogP contribution in [-0.4, -0.2) is 23.3 Å². The molecule has 1 aliphatic heterocycles. The van der Waals surface area contributed by atoms with Crippen molar-refractivity contribution in [2.75, 3.05) is 18.0 Å². The highest BCUT2D eigenvalue weighted by molar-refractivity contribution is 5.42. The molecule has 2 rings (SSSR count). The summed E-state index contributed by atoms with van der Waals surface area (Å²) in [5.41, 5.74) is 0. The van der Waals surface area contributed by atoms with Gasteiger partial charge >= 0.3 is 0 Å². The maximum atomic E-state index is 3.92. The lowest BCUT2D eigenvalue weighted by Crippen LogP contribution is -1.94. The molecule has 3 heteroatoms. The third-order valence-corrected chi connectivity index (χ3v) is 1.33. The Hall–Kier alpha value is -1.12. The lowest BCUT2D eigenvalue weighted by atomic mass is 10.5. The van der Waals surface area contributed by atoms with Crippen LogP contribution >= 0.6 is 0 Å². The highest BCUT2D eigenvalue weighted by Crippen LogP contribution is 2.14. The predicted octanol–water partition coefficient (Wildman–Crippen LogP) is 0.297. The first kappa shape index (κ1) is 4.73. The van der Waals surface area contributed by atoms with Crippen LogP contribution in [0, 0.1) is 0 Å². The van der Waals surface area contributed by atoms with Crippen LogP contribution in [0.25, 0.3) is 0 Å². The van der Waals surface area contributed by atoms with Gasteiger partial charge in [-0.3, -0.25) is 0 Å². The number of aromatic nitrogens is 2. The van der Waals surface area contributed by atoms with E-state index in [1.807, 2.05) is 12.1 Å². The van der Waals surface area contributed by atoms with Crippen molar-refractivity contribution in [3.63, 3.8) is 0 Å². The minimum Gasteiger partial charge on any atom is -0.352 e. The molecule has 0 amide bonds. The van der Waals surface area contributed by atoms with Crippen LogP contribution in [-0.2, 0) is 0 Å². The molecule has 0 spiro atoms. The van der Waals surface area contributed by atoms with Gasteiger partial charge < -0.3 is 4.90 Å². The van der Waals surface area contributed by atoms with Crippen molar-refractivity contribution in [3.05, 3.63) is 18.3 Å². The smallest absolute Gasteiger partial charge is 0.151 e. The van der Waals surface area contributed by atoms with E-state index < -0.39 is 0 Å². The summed E-state index contributed by atoms with van der Waals surface area (Å²) < 4.78 is 0. The first-order valence-electron chi connectivity index (χ1n) is 2.99. The fourth-order valence-corrected chi connectivity index (χ4v) is 0.741. The lowest BCUT2D eigenvalue weighted by Gasteiger charge is -1.95. The monoisotopic (exact) mass is 121 g/mol. The van der Waals surface area contributed by atoms with Gasteiger partial charge in [-0.2, -0.15) is 5.10 Å². The first-order chi connectivity index (χ1) is 4.47. The average Bonchev–Trinajstić information content (AvgIpc) is 2.71. The van der Waals surface area contributed by atoms with Crippen molar-refractivity contribution >= 4 is 5.82 Å². The van der Waals surface area contributed by atoms with Crippen LogP contribution in [0.1, 0.15) is 0 Å². The van der Waals surface area contributed by atoms with Gasteiger partial charge in [-0.25, -0.2) is 0 Å². The summed E-state index contributed by atoms with van der Waals surface area (Å²) in [6.07, 6.45) is 1.69. The van der Waals surface area contributed by atoms with Crippen molar-refractivity contribution in [1.29, 1.82) is 0 Å². The summed E-state index contributed by atoms with van der Waals surface area (Å²) in [5.74, 6) is 0.998. The van der Waals surface area contributed by atoms with Crippen molar-refractivity contribution in [2.24, 2.45) is 0 Å². The molecular weight excluding hydrogens is 114 g/mol. The first-order valence-corrected chi connectivity index (χ1v) is 2.99. The van der Waals surface area contributed by atoms with Gasteiger partial charge in [0.05, 0.1) is 0 Å². The number of rotatable bonds is 1. The van der Waals surface area contributed by atoms with Crippen molar-refractivity contribution in [2.45, 2.75) is 0 Å². The molecule has 1 aromatic heterocycles. The zero-order chi connectivity index (χ0) is 6.10. The van der Waals surface area contributed by atoms with Crippen molar-refractivity contribution in [3.8, 4) is 0 Å². The second-order valence-corrected chi connectivity index (χ2v) is 2.07. The van der Waals surface area contributed by atoms with E-state index in [-0.39, 0.29) is 0 Å². The molecule has 1 saturated heterocycles. The van der Waals surface area contributed by atoms with Crippen molar-refractivity contribution < 1.29 is 0 Å². The number of nitrogens with zero attached hydrogens (tertiary/aromatic N) is 3. The molecule has 1 aliphatic rings. The Kier molecular flexibility index (Phi) is 0.886. The normalized spacial score (nSPS) is 15.8. The molecule has 0 radical (unpaired) electrons. The van der Waals surface area contributed by atoms with E-state index in [0.717, 1.165) is 18.9 Å². The fraction of sp³-hybridized carbons (Fsp3) is 0.333. The van der Waals surface area contributed by atoms with E-state index in [1.165, 1.54) is 0 Å². The van der Waals surface area contributed by atoms with Crippen LogP contribution in [0.3, 0.4) is 0 Å². The minimum absolute atomic E-state index is 0.998. The molecule has 3 nitrogen and oxygen atoms in total. The zero-order valence-corrected chi connectivity index (χ0v) is 4.99. The van der Waals surface area contributed by atoms with Gasteiger partial charge in [-0.1, -0.05) is 0 Å². The molecule has 0 bridgehead atoms. The third kappa shape index (κ3) is 0.850. The molecule has 0 aromatic carbocycles. The Labute approximate surface area is 53.3 Å². The molecule has 1 fully saturated rings. The SMILES string of the molecule is c1cnnc(N2CC2)c1. The number of hydrogen-bond donors (Lipinski definition) is 0. The van der Waals surface area contributed by atoms with E-state index in [0.29, 0.717) is 0 Å². The molecule has 0 saturated carbocycles. The average molecular weight is 121 g/mol. The Morgan fingerprint density at radius 2 is 2.33 bits per heavy atom. The van der Waals surface area contributed by atoms with E-state index in [1.54, 1.807) is 6.20 Å². The van der Waals surface area contributed by atoms with Gasteiger partial charge in [-0.15, -0.1) is 5.10 Å². The molecular formula is C6H7N3. The van der Waals surface area contributed by atoms with Gasteiger partial charge in [0.15, 0.2) is 5.82 Å². The summed E-state index contributed by atoms with van der Waals surface area (Å²) in [5, 5.41) is 7.67. The number of anilines is 1. The third-order valence-electron chi connectivity index (χ3n) is 1.33. The van der Waals surface area contributed by atoms with E-state index >= 15 is 0 Å². The van der Waals surface area contributed by atoms with Crippen LogP contribution in [0.4, 0.5) is 5.82 Å². The second kappa shape index (κ2) is 1.69. The summed E-state index contributed by atoms with van der Waals surface area (Å²) in [6, 6.07) is 3.88. The maximum Gasteiger partial charge on any atom is 0.151 e. The summed E-state index contributed by atoms with van der Waals surface area (Å²) >= 11 is 0. The minimum atomic E-state index is 0.998. The lowest BCUT2D eigenvalue weighted by molar-refractivity contribution is 1.01. The second-order valence-electron chi connectivity index (χ2n) is 2.07. The van der Waals surface area contributed by atoms with Gasteiger partial charge in [0.25, 0.3) is 0 Å². The molecule has 9 heavy (non-hydrogen) atoms. The largest absolute Gasteiger partial charge is 0.352 e. The maximum absolute atomic E-state index is 3.92. The van der Waals surface area contributed by atoms with Gasteiger partial charge in [0, 0.05) is 19.3 Å².